The minimum Gasteiger partial charge on any atom is -0.289 e. The Balaban J connectivity index is 1.57. The molecule has 0 aromatic heterocycles. The molecule has 0 heterocycles. The molecule has 0 radical (unpaired) electrons. The predicted octanol–water partition coefficient (Wildman–Crippen LogP) is 8.22. The molecule has 0 amide bonds. The van der Waals surface area contributed by atoms with Crippen molar-refractivity contribution in [3.8, 4) is 0 Å². The van der Waals surface area contributed by atoms with Crippen molar-refractivity contribution in [2.75, 3.05) is 0 Å². The zero-order chi connectivity index (χ0) is 22.9. The van der Waals surface area contributed by atoms with Crippen LogP contribution in [0.15, 0.2) is 91.5 Å². The number of hydrogen-bond donors (Lipinski definition) is 0. The average molecular weight is 473 g/mol. The Bertz CT molecular complexity index is 1210. The van der Waals surface area contributed by atoms with Crippen molar-refractivity contribution in [2.24, 2.45) is 11.8 Å². The molecule has 2 nitrogen and oxygen atoms in total. The second-order valence-corrected chi connectivity index (χ2v) is 11.6. The zero-order valence-electron chi connectivity index (χ0n) is 19.1. The van der Waals surface area contributed by atoms with Gasteiger partial charge in [-0.25, -0.2) is 0 Å². The third kappa shape index (κ3) is 4.56. The quantitative estimate of drug-likeness (QED) is 0.442. The van der Waals surface area contributed by atoms with Crippen LogP contribution in [0, 0.1) is 11.8 Å². The van der Waals surface area contributed by atoms with Crippen molar-refractivity contribution in [3.05, 3.63) is 97.7 Å². The van der Waals surface area contributed by atoms with E-state index in [2.05, 4.69) is 56.4 Å². The first kappa shape index (κ1) is 22.5. The SMILES string of the molecule is CC1C=C(Sc2cccc3c2C(=O)C2=C(CC(C)CC=C2SC2=CC=CCC2)C3=O)C=CC1. The Kier molecular flexibility index (Phi) is 6.49. The van der Waals surface area contributed by atoms with Gasteiger partial charge in [-0.15, -0.1) is 0 Å². The fourth-order valence-electron chi connectivity index (χ4n) is 4.77. The summed E-state index contributed by atoms with van der Waals surface area (Å²) in [5, 5.41) is 0. The van der Waals surface area contributed by atoms with E-state index in [1.165, 1.54) is 4.91 Å². The molecular weight excluding hydrogens is 444 g/mol. The van der Waals surface area contributed by atoms with E-state index >= 15 is 0 Å². The van der Waals surface area contributed by atoms with E-state index in [0.29, 0.717) is 40.5 Å². The normalized spacial score (nSPS) is 24.6. The fourth-order valence-corrected chi connectivity index (χ4v) is 7.09. The number of rotatable bonds is 4. The molecule has 0 bridgehead atoms. The van der Waals surface area contributed by atoms with Crippen LogP contribution in [0.1, 0.15) is 66.7 Å². The smallest absolute Gasteiger partial charge is 0.196 e. The fraction of sp³-hybridized carbons (Fsp3) is 0.310. The number of carbonyl (C=O) groups excluding carboxylic acids is 2. The van der Waals surface area contributed by atoms with E-state index in [-0.39, 0.29) is 11.6 Å². The summed E-state index contributed by atoms with van der Waals surface area (Å²) in [7, 11) is 0. The van der Waals surface area contributed by atoms with Crippen LogP contribution in [0.25, 0.3) is 0 Å². The molecule has 0 spiro atoms. The van der Waals surface area contributed by atoms with Crippen LogP contribution in [0.3, 0.4) is 0 Å². The first-order valence-corrected chi connectivity index (χ1v) is 13.4. The zero-order valence-corrected chi connectivity index (χ0v) is 20.7. The Hall–Kier alpha value is -2.30. The van der Waals surface area contributed by atoms with Gasteiger partial charge < -0.3 is 0 Å². The van der Waals surface area contributed by atoms with Crippen LogP contribution in [0.4, 0.5) is 0 Å². The molecule has 1 aromatic carbocycles. The summed E-state index contributed by atoms with van der Waals surface area (Å²) in [5.74, 6) is 0.858. The van der Waals surface area contributed by atoms with Crippen LogP contribution in [-0.2, 0) is 0 Å². The number of allylic oxidation sites excluding steroid dienone is 10. The van der Waals surface area contributed by atoms with Gasteiger partial charge in [0.15, 0.2) is 11.6 Å². The van der Waals surface area contributed by atoms with Gasteiger partial charge in [-0.2, -0.15) is 0 Å². The maximum Gasteiger partial charge on any atom is 0.196 e. The summed E-state index contributed by atoms with van der Waals surface area (Å²) in [4.78, 5) is 32.0. The molecule has 0 N–H and O–H groups in total. The second-order valence-electron chi connectivity index (χ2n) is 9.29. The highest BCUT2D eigenvalue weighted by Gasteiger charge is 2.37. The number of fused-ring (bicyclic) bond motifs is 1. The van der Waals surface area contributed by atoms with Crippen LogP contribution in [0.2, 0.25) is 0 Å². The molecule has 4 aliphatic carbocycles. The van der Waals surface area contributed by atoms with Crippen molar-refractivity contribution >= 4 is 35.1 Å². The van der Waals surface area contributed by atoms with Gasteiger partial charge in [0.2, 0.25) is 0 Å². The summed E-state index contributed by atoms with van der Waals surface area (Å²) in [6.45, 7) is 4.37. The number of ketones is 2. The number of Topliss-reactive ketones (excluding diaryl/α,β-unsaturated/α-hetero) is 2. The lowest BCUT2D eigenvalue weighted by Gasteiger charge is -2.24. The third-order valence-corrected chi connectivity index (χ3v) is 8.75. The Morgan fingerprint density at radius 3 is 2.67 bits per heavy atom. The minimum absolute atomic E-state index is 0.0101. The molecule has 0 aliphatic heterocycles. The van der Waals surface area contributed by atoms with Crippen molar-refractivity contribution in [1.29, 1.82) is 0 Å². The highest BCUT2D eigenvalue weighted by molar-refractivity contribution is 8.07. The van der Waals surface area contributed by atoms with Crippen LogP contribution in [0.5, 0.6) is 0 Å². The molecule has 1 aromatic rings. The van der Waals surface area contributed by atoms with Gasteiger partial charge >= 0.3 is 0 Å². The largest absolute Gasteiger partial charge is 0.289 e. The van der Waals surface area contributed by atoms with E-state index in [1.54, 1.807) is 23.5 Å². The number of hydrogen-bond acceptors (Lipinski definition) is 4. The van der Waals surface area contributed by atoms with Gasteiger partial charge in [0, 0.05) is 37.0 Å². The molecule has 0 fully saturated rings. The summed E-state index contributed by atoms with van der Waals surface area (Å²) < 4.78 is 0. The molecule has 4 heteroatoms. The minimum atomic E-state index is 0.0101. The van der Waals surface area contributed by atoms with E-state index in [9.17, 15) is 9.59 Å². The average Bonchev–Trinajstić information content (AvgIpc) is 2.97. The lowest BCUT2D eigenvalue weighted by atomic mass is 9.81. The van der Waals surface area contributed by atoms with Gasteiger partial charge in [-0.3, -0.25) is 9.59 Å². The van der Waals surface area contributed by atoms with E-state index < -0.39 is 0 Å². The summed E-state index contributed by atoms with van der Waals surface area (Å²) >= 11 is 3.28. The Labute approximate surface area is 204 Å². The van der Waals surface area contributed by atoms with Crippen molar-refractivity contribution in [1.82, 2.24) is 0 Å². The molecule has 33 heavy (non-hydrogen) atoms. The maximum atomic E-state index is 14.1. The number of benzene rings is 1. The second kappa shape index (κ2) is 9.52. The van der Waals surface area contributed by atoms with Crippen LogP contribution < -0.4 is 0 Å². The first-order chi connectivity index (χ1) is 16.0. The predicted molar refractivity (Wildman–Crippen MR) is 140 cm³/mol. The Morgan fingerprint density at radius 2 is 1.88 bits per heavy atom. The van der Waals surface area contributed by atoms with Crippen LogP contribution >= 0.6 is 23.5 Å². The van der Waals surface area contributed by atoms with Gasteiger partial charge in [-0.1, -0.05) is 92.0 Å². The van der Waals surface area contributed by atoms with E-state index in [1.807, 2.05) is 18.2 Å². The summed E-state index contributed by atoms with van der Waals surface area (Å²) in [5.41, 5.74) is 2.50. The molecule has 2 atom stereocenters. The maximum absolute atomic E-state index is 14.1. The highest BCUT2D eigenvalue weighted by atomic mass is 32.2. The van der Waals surface area contributed by atoms with E-state index in [0.717, 1.165) is 40.4 Å². The number of thioether (sulfide) groups is 2. The van der Waals surface area contributed by atoms with Crippen molar-refractivity contribution in [3.63, 3.8) is 0 Å². The standard InChI is InChI=1S/C29H28O2S2/c1-18-8-6-11-21(16-18)33-24-13-7-12-22-26(24)29(31)27-23(28(22)30)17-19(2)14-15-25(27)32-20-9-4-3-5-10-20/h3-4,6-7,9,11-13,15-16,18-19H,5,8,10,14,17H2,1-2H3. The topological polar surface area (TPSA) is 34.1 Å². The van der Waals surface area contributed by atoms with Crippen molar-refractivity contribution in [2.45, 2.75) is 50.8 Å². The van der Waals surface area contributed by atoms with Crippen LogP contribution in [-0.4, -0.2) is 11.6 Å². The first-order valence-electron chi connectivity index (χ1n) is 11.8. The van der Waals surface area contributed by atoms with Crippen molar-refractivity contribution < 1.29 is 9.59 Å². The molecule has 5 rings (SSSR count). The molecule has 0 saturated heterocycles. The summed E-state index contributed by atoms with van der Waals surface area (Å²) in [6.07, 6.45) is 19.7. The highest BCUT2D eigenvalue weighted by Crippen LogP contribution is 2.46. The molecule has 168 valence electrons. The molecular formula is C29H28O2S2. The molecule has 4 aliphatic rings. The Morgan fingerprint density at radius 1 is 1.00 bits per heavy atom. The molecule has 2 unspecified atom stereocenters. The molecule has 0 saturated carbocycles. The monoisotopic (exact) mass is 472 g/mol. The van der Waals surface area contributed by atoms with Gasteiger partial charge in [0.1, 0.15) is 0 Å². The third-order valence-electron chi connectivity index (χ3n) is 6.49. The lowest BCUT2D eigenvalue weighted by Crippen LogP contribution is -2.24. The summed E-state index contributed by atoms with van der Waals surface area (Å²) in [6, 6.07) is 5.73. The van der Waals surface area contributed by atoms with Gasteiger partial charge in [0.05, 0.1) is 0 Å². The van der Waals surface area contributed by atoms with Gasteiger partial charge in [-0.05, 0) is 54.9 Å². The van der Waals surface area contributed by atoms with Gasteiger partial charge in [0.25, 0.3) is 0 Å². The van der Waals surface area contributed by atoms with E-state index in [4.69, 9.17) is 0 Å². The lowest BCUT2D eigenvalue weighted by molar-refractivity contribution is 0.0971. The number of carbonyl (C=O) groups is 2.